The van der Waals surface area contributed by atoms with E-state index < -0.39 is 30.5 Å². The third kappa shape index (κ3) is 1.97. The molecule has 1 saturated heterocycles. The van der Waals surface area contributed by atoms with Crippen LogP contribution in [0.5, 0.6) is 0 Å². The van der Waals surface area contributed by atoms with Crippen LogP contribution in [0.2, 0.25) is 0 Å². The van der Waals surface area contributed by atoms with E-state index in [4.69, 9.17) is 15.4 Å². The van der Waals surface area contributed by atoms with Gasteiger partial charge in [0.1, 0.15) is 12.2 Å². The van der Waals surface area contributed by atoms with E-state index in [1.165, 1.54) is 0 Å². The maximum Gasteiger partial charge on any atom is 0.109 e. The molecule has 0 bridgehead atoms. The molecule has 0 aromatic carbocycles. The predicted molar refractivity (Wildman–Crippen MR) is 46.4 cm³/mol. The van der Waals surface area contributed by atoms with Crippen LogP contribution in [0.25, 0.3) is 10.4 Å². The number of rotatable bonds is 2. The average molecular weight is 203 g/mol. The molecule has 0 saturated carbocycles. The van der Waals surface area contributed by atoms with Crippen LogP contribution in [-0.4, -0.2) is 52.4 Å². The van der Waals surface area contributed by atoms with Crippen LogP contribution in [0.3, 0.4) is 0 Å². The van der Waals surface area contributed by atoms with Gasteiger partial charge in [-0.05, 0) is 12.5 Å². The number of ether oxygens (including phenoxy) is 1. The van der Waals surface area contributed by atoms with Gasteiger partial charge in [0.15, 0.2) is 0 Å². The van der Waals surface area contributed by atoms with Crippen molar-refractivity contribution in [3.63, 3.8) is 0 Å². The fraction of sp³-hybridized carbons (Fsp3) is 1.00. The van der Waals surface area contributed by atoms with Crippen molar-refractivity contribution in [2.24, 2.45) is 5.11 Å². The van der Waals surface area contributed by atoms with E-state index in [0.717, 1.165) is 0 Å². The molecule has 7 heteroatoms. The molecule has 0 spiro atoms. The number of aliphatic hydroxyl groups excluding tert-OH is 3. The van der Waals surface area contributed by atoms with E-state index in [2.05, 4.69) is 10.0 Å². The lowest BCUT2D eigenvalue weighted by atomic mass is 9.94. The highest BCUT2D eigenvalue weighted by Crippen LogP contribution is 2.23. The van der Waals surface area contributed by atoms with Crippen molar-refractivity contribution < 1.29 is 20.1 Å². The smallest absolute Gasteiger partial charge is 0.109 e. The summed E-state index contributed by atoms with van der Waals surface area (Å²) in [6.07, 6.45) is -3.79. The molecule has 3 unspecified atom stereocenters. The van der Waals surface area contributed by atoms with Crippen LogP contribution in [0.4, 0.5) is 0 Å². The largest absolute Gasteiger partial charge is 0.394 e. The van der Waals surface area contributed by atoms with Gasteiger partial charge in [-0.2, -0.15) is 0 Å². The summed E-state index contributed by atoms with van der Waals surface area (Å²) in [5.74, 6) is 0. The van der Waals surface area contributed by atoms with Crippen molar-refractivity contribution in [1.82, 2.24) is 0 Å². The Morgan fingerprint density at radius 2 is 2.07 bits per heavy atom. The first-order valence-electron chi connectivity index (χ1n) is 4.28. The Labute approximate surface area is 80.6 Å². The molecule has 5 atom stereocenters. The molecule has 80 valence electrons. The Bertz CT molecular complexity index is 243. The molecule has 0 radical (unpaired) electrons. The predicted octanol–water partition coefficient (Wildman–Crippen LogP) is -0.833. The lowest BCUT2D eigenvalue weighted by Crippen LogP contribution is -2.56. The monoisotopic (exact) mass is 203 g/mol. The maximum atomic E-state index is 9.53. The summed E-state index contributed by atoms with van der Waals surface area (Å²) in [7, 11) is 0. The van der Waals surface area contributed by atoms with E-state index in [9.17, 15) is 10.2 Å². The Kier molecular flexibility index (Phi) is 3.68. The van der Waals surface area contributed by atoms with E-state index >= 15 is 0 Å². The van der Waals surface area contributed by atoms with Crippen molar-refractivity contribution in [3.8, 4) is 0 Å². The van der Waals surface area contributed by atoms with Gasteiger partial charge < -0.3 is 20.1 Å². The minimum absolute atomic E-state index is 0.383. The second-order valence-electron chi connectivity index (χ2n) is 3.24. The van der Waals surface area contributed by atoms with Gasteiger partial charge in [-0.1, -0.05) is 5.11 Å². The highest BCUT2D eigenvalue weighted by atomic mass is 16.5. The van der Waals surface area contributed by atoms with Crippen LogP contribution >= 0.6 is 0 Å². The minimum Gasteiger partial charge on any atom is -0.394 e. The Morgan fingerprint density at radius 3 is 2.57 bits per heavy atom. The zero-order valence-corrected chi connectivity index (χ0v) is 7.69. The lowest BCUT2D eigenvalue weighted by molar-refractivity contribution is -0.183. The number of azide groups is 1. The number of aliphatic hydroxyl groups is 3. The van der Waals surface area contributed by atoms with Gasteiger partial charge >= 0.3 is 0 Å². The first kappa shape index (κ1) is 11.2. The van der Waals surface area contributed by atoms with Gasteiger partial charge in [0.05, 0.1) is 24.9 Å². The molecule has 0 amide bonds. The van der Waals surface area contributed by atoms with E-state index in [1.54, 1.807) is 6.92 Å². The van der Waals surface area contributed by atoms with Crippen LogP contribution in [0.15, 0.2) is 5.11 Å². The van der Waals surface area contributed by atoms with Gasteiger partial charge in [-0.25, -0.2) is 0 Å². The second kappa shape index (κ2) is 4.59. The molecule has 14 heavy (non-hydrogen) atoms. The van der Waals surface area contributed by atoms with Crippen molar-refractivity contribution >= 4 is 0 Å². The zero-order valence-electron chi connectivity index (χ0n) is 7.69. The van der Waals surface area contributed by atoms with Gasteiger partial charge in [0.25, 0.3) is 0 Å². The quantitative estimate of drug-likeness (QED) is 0.308. The molecular formula is C7H13N3O4. The van der Waals surface area contributed by atoms with Crippen molar-refractivity contribution in [3.05, 3.63) is 10.4 Å². The fourth-order valence-corrected chi connectivity index (χ4v) is 1.51. The van der Waals surface area contributed by atoms with Crippen LogP contribution < -0.4 is 0 Å². The summed E-state index contributed by atoms with van der Waals surface area (Å²) in [6, 6.07) is -0.821. The van der Waals surface area contributed by atoms with Crippen LogP contribution in [-0.2, 0) is 4.74 Å². The minimum atomic E-state index is -1.23. The average Bonchev–Trinajstić information content (AvgIpc) is 2.18. The molecule has 1 aliphatic rings. The van der Waals surface area contributed by atoms with Crippen molar-refractivity contribution in [2.45, 2.75) is 37.4 Å². The summed E-state index contributed by atoms with van der Waals surface area (Å²) in [4.78, 5) is 2.56. The summed E-state index contributed by atoms with van der Waals surface area (Å²) >= 11 is 0. The van der Waals surface area contributed by atoms with Crippen LogP contribution in [0, 0.1) is 0 Å². The molecule has 7 nitrogen and oxygen atoms in total. The Morgan fingerprint density at radius 1 is 1.43 bits per heavy atom. The molecule has 1 fully saturated rings. The van der Waals surface area contributed by atoms with Crippen molar-refractivity contribution in [2.75, 3.05) is 6.61 Å². The molecule has 0 aliphatic carbocycles. The first-order chi connectivity index (χ1) is 6.61. The first-order valence-corrected chi connectivity index (χ1v) is 4.28. The molecule has 0 aromatic heterocycles. The summed E-state index contributed by atoms with van der Waals surface area (Å²) in [6.45, 7) is 1.22. The topological polar surface area (TPSA) is 119 Å². The Balaban J connectivity index is 2.78. The van der Waals surface area contributed by atoms with Crippen molar-refractivity contribution in [1.29, 1.82) is 0 Å². The van der Waals surface area contributed by atoms with Gasteiger partial charge in [-0.15, -0.1) is 0 Å². The van der Waals surface area contributed by atoms with Gasteiger partial charge in [0, 0.05) is 4.91 Å². The standard InChI is InChI=1S/C7H13N3O4/c1-3-5(9-10-8)7(13)6(12)4(2-11)14-3/h3-7,11-13H,2H2,1H3/t3-,4+,5?,6?,7?/m0/s1. The lowest BCUT2D eigenvalue weighted by Gasteiger charge is -2.39. The van der Waals surface area contributed by atoms with E-state index in [-0.39, 0.29) is 6.61 Å². The van der Waals surface area contributed by atoms with E-state index in [0.29, 0.717) is 0 Å². The molecule has 1 rings (SSSR count). The molecule has 1 aliphatic heterocycles. The highest BCUT2D eigenvalue weighted by Gasteiger charge is 2.41. The molecule has 3 N–H and O–H groups in total. The second-order valence-corrected chi connectivity index (χ2v) is 3.24. The third-order valence-electron chi connectivity index (χ3n) is 2.32. The summed E-state index contributed by atoms with van der Waals surface area (Å²) in [5, 5.41) is 31.1. The zero-order chi connectivity index (χ0) is 10.7. The van der Waals surface area contributed by atoms with E-state index in [1.807, 2.05) is 0 Å². The summed E-state index contributed by atoms with van der Waals surface area (Å²) in [5.41, 5.74) is 8.22. The molecule has 1 heterocycles. The number of nitrogens with zero attached hydrogens (tertiary/aromatic N) is 3. The van der Waals surface area contributed by atoms with Gasteiger partial charge in [-0.3, -0.25) is 0 Å². The van der Waals surface area contributed by atoms with Crippen LogP contribution in [0.1, 0.15) is 6.92 Å². The maximum absolute atomic E-state index is 9.53. The highest BCUT2D eigenvalue weighted by molar-refractivity contribution is 4.94. The normalized spacial score (nSPS) is 43.0. The summed E-state index contributed by atoms with van der Waals surface area (Å²) < 4.78 is 5.16. The van der Waals surface area contributed by atoms with Gasteiger partial charge in [0.2, 0.25) is 0 Å². The third-order valence-corrected chi connectivity index (χ3v) is 2.32. The molecule has 0 aromatic rings. The fourth-order valence-electron chi connectivity index (χ4n) is 1.51. The number of hydrogen-bond acceptors (Lipinski definition) is 5. The SMILES string of the molecule is C[C@@H]1O[C@H](CO)C(O)C(O)C1N=[N+]=[N-]. The Hall–Kier alpha value is -0.850. The number of hydrogen-bond donors (Lipinski definition) is 3. The molecular weight excluding hydrogens is 190 g/mol.